The van der Waals surface area contributed by atoms with Crippen LogP contribution < -0.4 is 10.1 Å². The third-order valence-electron chi connectivity index (χ3n) is 2.03. The molecule has 0 amide bonds. The minimum absolute atomic E-state index is 0.0760. The molecule has 2 N–H and O–H groups in total. The molecule has 0 radical (unpaired) electrons. The number of hydrogen-bond acceptors (Lipinski definition) is 3. The van der Waals surface area contributed by atoms with Crippen molar-refractivity contribution >= 4 is 15.9 Å². The van der Waals surface area contributed by atoms with Gasteiger partial charge in [0.2, 0.25) is 0 Å². The van der Waals surface area contributed by atoms with Crippen molar-refractivity contribution in [2.75, 3.05) is 20.7 Å². The number of aliphatic hydroxyl groups excluding tert-OH is 1. The number of aliphatic hydroxyl groups is 1. The molecule has 0 aliphatic rings. The molecular formula is C10H13BrFNO2. The zero-order chi connectivity index (χ0) is 11.4. The summed E-state index contributed by atoms with van der Waals surface area (Å²) in [4.78, 5) is 0. The lowest BCUT2D eigenvalue weighted by molar-refractivity contribution is 0.171. The summed E-state index contributed by atoms with van der Waals surface area (Å²) in [5.41, 5.74) is 0.423. The molecule has 0 aliphatic carbocycles. The van der Waals surface area contributed by atoms with Crippen molar-refractivity contribution < 1.29 is 14.2 Å². The first-order valence-electron chi connectivity index (χ1n) is 4.46. The van der Waals surface area contributed by atoms with E-state index in [0.29, 0.717) is 16.6 Å². The molecule has 0 saturated carbocycles. The van der Waals surface area contributed by atoms with Gasteiger partial charge in [-0.3, -0.25) is 0 Å². The number of nitrogens with one attached hydrogen (secondary N) is 1. The second kappa shape index (κ2) is 5.44. The molecule has 1 aromatic rings. The second-order valence-corrected chi connectivity index (χ2v) is 3.90. The van der Waals surface area contributed by atoms with E-state index >= 15 is 0 Å². The summed E-state index contributed by atoms with van der Waals surface area (Å²) in [5, 5.41) is 12.6. The zero-order valence-corrected chi connectivity index (χ0v) is 10.1. The van der Waals surface area contributed by atoms with Crippen LogP contribution in [0.4, 0.5) is 4.39 Å². The molecule has 0 aliphatic heterocycles. The Morgan fingerprint density at radius 1 is 1.60 bits per heavy atom. The number of ether oxygens (including phenoxy) is 1. The first-order chi connectivity index (χ1) is 7.11. The molecule has 0 aromatic heterocycles. The molecule has 3 nitrogen and oxygen atoms in total. The van der Waals surface area contributed by atoms with Crippen molar-refractivity contribution in [1.29, 1.82) is 0 Å². The summed E-state index contributed by atoms with van der Waals surface area (Å²) in [6.45, 7) is 0.332. The van der Waals surface area contributed by atoms with Crippen LogP contribution in [0.2, 0.25) is 0 Å². The van der Waals surface area contributed by atoms with Gasteiger partial charge in [0, 0.05) is 16.6 Å². The third-order valence-corrected chi connectivity index (χ3v) is 2.72. The van der Waals surface area contributed by atoms with Gasteiger partial charge in [0.1, 0.15) is 0 Å². The van der Waals surface area contributed by atoms with Gasteiger partial charge in [-0.05, 0) is 19.2 Å². The van der Waals surface area contributed by atoms with Crippen LogP contribution in [0.1, 0.15) is 11.7 Å². The van der Waals surface area contributed by atoms with Crippen molar-refractivity contribution in [3.63, 3.8) is 0 Å². The molecule has 15 heavy (non-hydrogen) atoms. The standard InChI is InChI=1S/C10H13BrFNO2/c1-13-5-8(14)9-6(11)3-4-7(12)10(9)15-2/h3-4,8,13-14H,5H2,1-2H3. The Hall–Kier alpha value is -0.650. The fraction of sp³-hybridized carbons (Fsp3) is 0.400. The van der Waals surface area contributed by atoms with E-state index in [1.165, 1.54) is 13.2 Å². The molecular weight excluding hydrogens is 265 g/mol. The SMILES string of the molecule is CNCC(O)c1c(Br)ccc(F)c1OC. The van der Waals surface area contributed by atoms with Gasteiger partial charge in [-0.1, -0.05) is 15.9 Å². The van der Waals surface area contributed by atoms with E-state index in [2.05, 4.69) is 21.2 Å². The highest BCUT2D eigenvalue weighted by Gasteiger charge is 2.19. The zero-order valence-electron chi connectivity index (χ0n) is 8.55. The van der Waals surface area contributed by atoms with Gasteiger partial charge in [-0.15, -0.1) is 0 Å². The highest BCUT2D eigenvalue weighted by Crippen LogP contribution is 2.34. The van der Waals surface area contributed by atoms with Crippen LogP contribution in [0.25, 0.3) is 0 Å². The molecule has 0 heterocycles. The molecule has 1 unspecified atom stereocenters. The molecule has 0 saturated heterocycles. The molecule has 0 spiro atoms. The predicted molar refractivity (Wildman–Crippen MR) is 59.5 cm³/mol. The van der Waals surface area contributed by atoms with E-state index in [0.717, 1.165) is 0 Å². The van der Waals surface area contributed by atoms with Gasteiger partial charge >= 0.3 is 0 Å². The Kier molecular flexibility index (Phi) is 4.50. The van der Waals surface area contributed by atoms with Crippen LogP contribution in [0.15, 0.2) is 16.6 Å². The average Bonchev–Trinajstić information content (AvgIpc) is 2.21. The maximum Gasteiger partial charge on any atom is 0.165 e. The molecule has 1 atom stereocenters. The van der Waals surface area contributed by atoms with Crippen LogP contribution in [0.5, 0.6) is 5.75 Å². The summed E-state index contributed by atoms with van der Waals surface area (Å²) >= 11 is 3.26. The second-order valence-electron chi connectivity index (χ2n) is 3.05. The summed E-state index contributed by atoms with van der Waals surface area (Å²) in [6, 6.07) is 2.84. The van der Waals surface area contributed by atoms with Crippen molar-refractivity contribution in [1.82, 2.24) is 5.32 Å². The summed E-state index contributed by atoms with van der Waals surface area (Å²) in [5.74, 6) is -0.405. The lowest BCUT2D eigenvalue weighted by Gasteiger charge is -2.16. The molecule has 1 rings (SSSR count). The topological polar surface area (TPSA) is 41.5 Å². The van der Waals surface area contributed by atoms with E-state index in [1.807, 2.05) is 0 Å². The number of halogens is 2. The Balaban J connectivity index is 3.18. The molecule has 84 valence electrons. The Labute approximate surface area is 96.4 Å². The van der Waals surface area contributed by atoms with Crippen LogP contribution in [0, 0.1) is 5.82 Å². The highest BCUT2D eigenvalue weighted by molar-refractivity contribution is 9.10. The number of rotatable bonds is 4. The Bertz CT molecular complexity index is 346. The smallest absolute Gasteiger partial charge is 0.165 e. The minimum Gasteiger partial charge on any atom is -0.493 e. The lowest BCUT2D eigenvalue weighted by Crippen LogP contribution is -2.18. The number of methoxy groups -OCH3 is 1. The average molecular weight is 278 g/mol. The van der Waals surface area contributed by atoms with E-state index in [4.69, 9.17) is 4.74 Å². The van der Waals surface area contributed by atoms with Gasteiger partial charge < -0.3 is 15.2 Å². The van der Waals surface area contributed by atoms with Crippen molar-refractivity contribution in [2.45, 2.75) is 6.10 Å². The van der Waals surface area contributed by atoms with Crippen LogP contribution in [0.3, 0.4) is 0 Å². The molecule has 1 aromatic carbocycles. The molecule has 5 heteroatoms. The Morgan fingerprint density at radius 2 is 2.27 bits per heavy atom. The van der Waals surface area contributed by atoms with Gasteiger partial charge in [0.05, 0.1) is 13.2 Å². The van der Waals surface area contributed by atoms with Gasteiger partial charge in [0.15, 0.2) is 11.6 Å². The van der Waals surface area contributed by atoms with Crippen LogP contribution in [-0.2, 0) is 0 Å². The largest absolute Gasteiger partial charge is 0.493 e. The fourth-order valence-corrected chi connectivity index (χ4v) is 1.94. The quantitative estimate of drug-likeness (QED) is 0.883. The predicted octanol–water partition coefficient (Wildman–Crippen LogP) is 1.85. The first kappa shape index (κ1) is 12.4. The number of hydrogen-bond donors (Lipinski definition) is 2. The van der Waals surface area contributed by atoms with Gasteiger partial charge in [-0.25, -0.2) is 4.39 Å². The summed E-state index contributed by atoms with van der Waals surface area (Å²) in [6.07, 6.45) is -0.810. The monoisotopic (exact) mass is 277 g/mol. The van der Waals surface area contributed by atoms with Crippen LogP contribution >= 0.6 is 15.9 Å². The molecule has 0 fully saturated rings. The normalized spacial score (nSPS) is 12.6. The van der Waals surface area contributed by atoms with Crippen molar-refractivity contribution in [3.8, 4) is 5.75 Å². The van der Waals surface area contributed by atoms with Gasteiger partial charge in [-0.2, -0.15) is 0 Å². The first-order valence-corrected chi connectivity index (χ1v) is 5.25. The fourth-order valence-electron chi connectivity index (χ4n) is 1.36. The summed E-state index contributed by atoms with van der Waals surface area (Å²) in [7, 11) is 3.09. The van der Waals surface area contributed by atoms with Crippen molar-refractivity contribution in [3.05, 3.63) is 28.0 Å². The highest BCUT2D eigenvalue weighted by atomic mass is 79.9. The Morgan fingerprint density at radius 3 is 2.80 bits per heavy atom. The summed E-state index contributed by atoms with van der Waals surface area (Å²) < 4.78 is 18.9. The third kappa shape index (κ3) is 2.68. The van der Waals surface area contributed by atoms with Crippen LogP contribution in [-0.4, -0.2) is 25.8 Å². The van der Waals surface area contributed by atoms with E-state index in [9.17, 15) is 9.50 Å². The van der Waals surface area contributed by atoms with E-state index in [-0.39, 0.29) is 5.75 Å². The maximum absolute atomic E-state index is 13.4. The van der Waals surface area contributed by atoms with E-state index in [1.54, 1.807) is 13.1 Å². The maximum atomic E-state index is 13.4. The number of likely N-dealkylation sites (N-methyl/N-ethyl adjacent to an activating group) is 1. The minimum atomic E-state index is -0.810. The van der Waals surface area contributed by atoms with E-state index < -0.39 is 11.9 Å². The lowest BCUT2D eigenvalue weighted by atomic mass is 10.1. The van der Waals surface area contributed by atoms with Crippen molar-refractivity contribution in [2.24, 2.45) is 0 Å². The molecule has 0 bridgehead atoms. The van der Waals surface area contributed by atoms with Gasteiger partial charge in [0.25, 0.3) is 0 Å². The number of benzene rings is 1.